The first-order chi connectivity index (χ1) is 15.1. The Kier molecular flexibility index (Phi) is 5.45. The molecule has 1 aliphatic rings. The molecule has 0 unspecified atom stereocenters. The first-order valence-electron chi connectivity index (χ1n) is 9.80. The van der Waals surface area contributed by atoms with Crippen LogP contribution in [0, 0.1) is 6.92 Å². The van der Waals surface area contributed by atoms with Crippen LogP contribution in [0.4, 0.5) is 18.9 Å². The van der Waals surface area contributed by atoms with Crippen LogP contribution in [0.3, 0.4) is 0 Å². The van der Waals surface area contributed by atoms with Crippen molar-refractivity contribution in [1.82, 2.24) is 15.3 Å². The Balaban J connectivity index is 1.51. The standard InChI is InChI=1S/C22H19F3N4O3/c1-12-28-19(20(32-12)22(23,24)25)21(31)27-10-13-7-16(11-26-9-13)14-3-5-17-15(8-14)4-6-18(30)29(17)2/h3,5,7-9,11H,4,6,10H2,1-2H3,(H,27,31). The van der Waals surface area contributed by atoms with Crippen molar-refractivity contribution in [1.29, 1.82) is 0 Å². The summed E-state index contributed by atoms with van der Waals surface area (Å²) < 4.78 is 43.7. The van der Waals surface area contributed by atoms with Gasteiger partial charge in [0.25, 0.3) is 5.91 Å². The highest BCUT2D eigenvalue weighted by atomic mass is 19.4. The van der Waals surface area contributed by atoms with Crippen LogP contribution in [-0.4, -0.2) is 28.8 Å². The van der Waals surface area contributed by atoms with E-state index in [4.69, 9.17) is 0 Å². The van der Waals surface area contributed by atoms with E-state index in [-0.39, 0.29) is 18.3 Å². The number of anilines is 1. The van der Waals surface area contributed by atoms with Gasteiger partial charge in [0.1, 0.15) is 0 Å². The van der Waals surface area contributed by atoms with Crippen molar-refractivity contribution in [2.75, 3.05) is 11.9 Å². The van der Waals surface area contributed by atoms with Crippen LogP contribution < -0.4 is 10.2 Å². The van der Waals surface area contributed by atoms with E-state index in [0.29, 0.717) is 18.4 Å². The van der Waals surface area contributed by atoms with Gasteiger partial charge in [-0.2, -0.15) is 13.2 Å². The number of pyridine rings is 1. The van der Waals surface area contributed by atoms with Gasteiger partial charge in [0, 0.05) is 50.6 Å². The van der Waals surface area contributed by atoms with Crippen LogP contribution in [-0.2, 0) is 23.9 Å². The summed E-state index contributed by atoms with van der Waals surface area (Å²) in [6.45, 7) is 1.21. The van der Waals surface area contributed by atoms with E-state index in [1.165, 1.54) is 13.1 Å². The number of oxazole rings is 1. The number of halogens is 3. The number of fused-ring (bicyclic) bond motifs is 1. The second-order valence-electron chi connectivity index (χ2n) is 7.47. The molecule has 2 amide bonds. The average molecular weight is 444 g/mol. The molecule has 4 rings (SSSR count). The summed E-state index contributed by atoms with van der Waals surface area (Å²) in [6, 6.07) is 7.54. The Bertz CT molecular complexity index is 1200. The molecule has 0 spiro atoms. The third-order valence-electron chi connectivity index (χ3n) is 5.21. The third kappa shape index (κ3) is 4.20. The third-order valence-corrected chi connectivity index (χ3v) is 5.21. The Hall–Kier alpha value is -3.69. The molecule has 0 aliphatic carbocycles. The lowest BCUT2D eigenvalue weighted by Crippen LogP contribution is -2.30. The van der Waals surface area contributed by atoms with Crippen molar-refractivity contribution in [2.24, 2.45) is 0 Å². The maximum absolute atomic E-state index is 13.0. The molecule has 3 heterocycles. The Morgan fingerprint density at radius 2 is 1.97 bits per heavy atom. The monoisotopic (exact) mass is 444 g/mol. The number of aromatic nitrogens is 2. The first kappa shape index (κ1) is 21.5. The topological polar surface area (TPSA) is 88.3 Å². The van der Waals surface area contributed by atoms with Gasteiger partial charge in [-0.25, -0.2) is 4.98 Å². The minimum Gasteiger partial charge on any atom is -0.436 e. The van der Waals surface area contributed by atoms with E-state index in [1.54, 1.807) is 24.2 Å². The SMILES string of the molecule is Cc1nc(C(=O)NCc2cncc(-c3ccc4c(c3)CCC(=O)N4C)c2)c(C(F)(F)F)o1. The largest absolute Gasteiger partial charge is 0.452 e. The van der Waals surface area contributed by atoms with Crippen molar-refractivity contribution in [3.8, 4) is 11.1 Å². The van der Waals surface area contributed by atoms with Crippen molar-refractivity contribution >= 4 is 17.5 Å². The second kappa shape index (κ2) is 8.10. The summed E-state index contributed by atoms with van der Waals surface area (Å²) in [7, 11) is 1.74. The van der Waals surface area contributed by atoms with Crippen molar-refractivity contribution in [3.05, 3.63) is 65.1 Å². The van der Waals surface area contributed by atoms with E-state index in [0.717, 1.165) is 22.4 Å². The van der Waals surface area contributed by atoms with Gasteiger partial charge in [-0.15, -0.1) is 0 Å². The molecule has 0 fully saturated rings. The number of carbonyl (C=O) groups is 2. The van der Waals surface area contributed by atoms with E-state index < -0.39 is 23.5 Å². The summed E-state index contributed by atoms with van der Waals surface area (Å²) in [5, 5.41) is 2.43. The number of hydrogen-bond acceptors (Lipinski definition) is 5. The number of rotatable bonds is 4. The number of nitrogens with one attached hydrogen (secondary N) is 1. The van der Waals surface area contributed by atoms with Crippen LogP contribution in [0.1, 0.15) is 39.7 Å². The van der Waals surface area contributed by atoms with Crippen molar-refractivity contribution < 1.29 is 27.2 Å². The molecule has 1 aromatic carbocycles. The maximum Gasteiger partial charge on any atom is 0.452 e. The second-order valence-corrected chi connectivity index (χ2v) is 7.47. The van der Waals surface area contributed by atoms with E-state index in [1.807, 2.05) is 18.2 Å². The lowest BCUT2D eigenvalue weighted by atomic mass is 9.96. The van der Waals surface area contributed by atoms with Gasteiger partial charge in [-0.05, 0) is 41.3 Å². The number of carbonyl (C=O) groups excluding carboxylic acids is 2. The van der Waals surface area contributed by atoms with Crippen LogP contribution in [0.2, 0.25) is 0 Å². The van der Waals surface area contributed by atoms with Gasteiger partial charge in [-0.3, -0.25) is 14.6 Å². The normalized spacial score (nSPS) is 13.8. The molecule has 0 atom stereocenters. The Morgan fingerprint density at radius 3 is 2.72 bits per heavy atom. The van der Waals surface area contributed by atoms with Gasteiger partial charge in [0.15, 0.2) is 11.6 Å². The molecule has 3 aromatic rings. The predicted octanol–water partition coefficient (Wildman–Crippen LogP) is 3.90. The highest BCUT2D eigenvalue weighted by molar-refractivity contribution is 5.96. The average Bonchev–Trinajstić information content (AvgIpc) is 3.17. The van der Waals surface area contributed by atoms with E-state index in [9.17, 15) is 22.8 Å². The van der Waals surface area contributed by atoms with Gasteiger partial charge >= 0.3 is 6.18 Å². The van der Waals surface area contributed by atoms with Crippen LogP contribution in [0.25, 0.3) is 11.1 Å². The van der Waals surface area contributed by atoms with Gasteiger partial charge < -0.3 is 14.6 Å². The summed E-state index contributed by atoms with van der Waals surface area (Å²) in [5.74, 6) is -2.58. The lowest BCUT2D eigenvalue weighted by Gasteiger charge is -2.26. The molecule has 10 heteroatoms. The lowest BCUT2D eigenvalue weighted by molar-refractivity contribution is -0.153. The van der Waals surface area contributed by atoms with Gasteiger partial charge in [0.05, 0.1) is 0 Å². The molecule has 7 nitrogen and oxygen atoms in total. The highest BCUT2D eigenvalue weighted by Crippen LogP contribution is 2.33. The Morgan fingerprint density at radius 1 is 1.19 bits per heavy atom. The maximum atomic E-state index is 13.0. The summed E-state index contributed by atoms with van der Waals surface area (Å²) in [6.07, 6.45) is -0.547. The molecule has 166 valence electrons. The van der Waals surface area contributed by atoms with E-state index in [2.05, 4.69) is 19.7 Å². The number of alkyl halides is 3. The molecule has 0 saturated carbocycles. The molecule has 32 heavy (non-hydrogen) atoms. The first-order valence-corrected chi connectivity index (χ1v) is 9.80. The molecule has 2 aromatic heterocycles. The number of aryl methyl sites for hydroxylation is 2. The fourth-order valence-corrected chi connectivity index (χ4v) is 3.62. The predicted molar refractivity (Wildman–Crippen MR) is 109 cm³/mol. The molecule has 0 saturated heterocycles. The summed E-state index contributed by atoms with van der Waals surface area (Å²) in [4.78, 5) is 33.5. The molecule has 1 aliphatic heterocycles. The van der Waals surface area contributed by atoms with Gasteiger partial charge in [0.2, 0.25) is 11.7 Å². The number of hydrogen-bond donors (Lipinski definition) is 1. The zero-order chi connectivity index (χ0) is 23.0. The number of amides is 2. The fraction of sp³-hybridized carbons (Fsp3) is 0.273. The molecule has 0 radical (unpaired) electrons. The fourth-order valence-electron chi connectivity index (χ4n) is 3.62. The molecule has 1 N–H and O–H groups in total. The van der Waals surface area contributed by atoms with E-state index >= 15 is 0 Å². The van der Waals surface area contributed by atoms with Crippen LogP contribution >= 0.6 is 0 Å². The quantitative estimate of drug-likeness (QED) is 0.659. The number of nitrogens with zero attached hydrogens (tertiary/aromatic N) is 3. The smallest absolute Gasteiger partial charge is 0.436 e. The molecule has 0 bridgehead atoms. The highest BCUT2D eigenvalue weighted by Gasteiger charge is 2.41. The minimum absolute atomic E-state index is 0.0366. The molecular formula is C22H19F3N4O3. The Labute approximate surface area is 181 Å². The van der Waals surface area contributed by atoms with Crippen molar-refractivity contribution in [2.45, 2.75) is 32.5 Å². The minimum atomic E-state index is -4.82. The summed E-state index contributed by atoms with van der Waals surface area (Å²) in [5.41, 5.74) is 3.39. The molecular weight excluding hydrogens is 425 g/mol. The van der Waals surface area contributed by atoms with Crippen LogP contribution in [0.15, 0.2) is 41.1 Å². The number of benzene rings is 1. The van der Waals surface area contributed by atoms with Crippen LogP contribution in [0.5, 0.6) is 0 Å². The zero-order valence-electron chi connectivity index (χ0n) is 17.3. The zero-order valence-corrected chi connectivity index (χ0v) is 17.3. The summed E-state index contributed by atoms with van der Waals surface area (Å²) >= 11 is 0. The van der Waals surface area contributed by atoms with Gasteiger partial charge in [-0.1, -0.05) is 6.07 Å². The van der Waals surface area contributed by atoms with Crippen molar-refractivity contribution in [3.63, 3.8) is 0 Å².